The lowest BCUT2D eigenvalue weighted by atomic mass is 10.1. The number of ether oxygens (including phenoxy) is 1. The molecule has 0 amide bonds. The van der Waals surface area contributed by atoms with Crippen molar-refractivity contribution in [3.8, 4) is 0 Å². The highest BCUT2D eigenvalue weighted by Gasteiger charge is 2.35. The van der Waals surface area contributed by atoms with Gasteiger partial charge in [-0.25, -0.2) is 0 Å². The summed E-state index contributed by atoms with van der Waals surface area (Å²) >= 11 is 0. The summed E-state index contributed by atoms with van der Waals surface area (Å²) in [7, 11) is 0. The normalized spacial score (nSPS) is 27.7. The van der Waals surface area contributed by atoms with Crippen LogP contribution >= 0.6 is 0 Å². The summed E-state index contributed by atoms with van der Waals surface area (Å²) in [5.41, 5.74) is 0. The van der Waals surface area contributed by atoms with Crippen molar-refractivity contribution in [3.05, 3.63) is 0 Å². The van der Waals surface area contributed by atoms with Gasteiger partial charge in [-0.1, -0.05) is 0 Å². The first-order chi connectivity index (χ1) is 7.27. The summed E-state index contributed by atoms with van der Waals surface area (Å²) in [5.74, 6) is -0.702. The van der Waals surface area contributed by atoms with E-state index >= 15 is 0 Å². The fourth-order valence-electron chi connectivity index (χ4n) is 2.34. The zero-order valence-corrected chi connectivity index (χ0v) is 9.02. The van der Waals surface area contributed by atoms with Crippen molar-refractivity contribution in [1.29, 1.82) is 0 Å². The molecule has 1 atom stereocenters. The summed E-state index contributed by atoms with van der Waals surface area (Å²) in [6, 6.07) is 0.959. The van der Waals surface area contributed by atoms with E-state index in [9.17, 15) is 4.79 Å². The molecule has 0 radical (unpaired) electrons. The maximum absolute atomic E-state index is 10.8. The molecule has 0 aromatic rings. The highest BCUT2D eigenvalue weighted by Crippen LogP contribution is 2.31. The van der Waals surface area contributed by atoms with E-state index in [4.69, 9.17) is 9.84 Å². The lowest BCUT2D eigenvalue weighted by Crippen LogP contribution is -2.40. The molecule has 1 N–H and O–H groups in total. The van der Waals surface area contributed by atoms with Crippen LogP contribution in [0.2, 0.25) is 0 Å². The van der Waals surface area contributed by atoms with Crippen molar-refractivity contribution in [1.82, 2.24) is 4.90 Å². The van der Waals surface area contributed by atoms with Crippen molar-refractivity contribution in [2.24, 2.45) is 0 Å². The van der Waals surface area contributed by atoms with Gasteiger partial charge in [0, 0.05) is 25.3 Å². The van der Waals surface area contributed by atoms with Crippen LogP contribution in [0.15, 0.2) is 0 Å². The number of hydrogen-bond acceptors (Lipinski definition) is 3. The minimum Gasteiger partial charge on any atom is -0.480 e. The van der Waals surface area contributed by atoms with Gasteiger partial charge >= 0.3 is 5.97 Å². The molecule has 2 aliphatic rings. The maximum Gasteiger partial charge on any atom is 0.317 e. The van der Waals surface area contributed by atoms with Crippen LogP contribution in [0.1, 0.15) is 32.1 Å². The molecular weight excluding hydrogens is 194 g/mol. The molecule has 4 heteroatoms. The summed E-state index contributed by atoms with van der Waals surface area (Å²) in [6.07, 6.45) is 5.48. The van der Waals surface area contributed by atoms with Crippen LogP contribution in [0.5, 0.6) is 0 Å². The standard InChI is InChI=1S/C11H19NO3/c13-11(14)8-12(10-3-4-10)9-2-1-6-15-7-5-9/h9-10H,1-8H2,(H,13,14). The monoisotopic (exact) mass is 213 g/mol. The van der Waals surface area contributed by atoms with E-state index in [0.717, 1.165) is 32.5 Å². The Morgan fingerprint density at radius 3 is 2.60 bits per heavy atom. The second kappa shape index (κ2) is 4.94. The predicted molar refractivity (Wildman–Crippen MR) is 55.8 cm³/mol. The molecule has 0 aromatic carbocycles. The zero-order valence-electron chi connectivity index (χ0n) is 9.02. The predicted octanol–water partition coefficient (Wildman–Crippen LogP) is 1.10. The van der Waals surface area contributed by atoms with Gasteiger partial charge in [-0.15, -0.1) is 0 Å². The van der Waals surface area contributed by atoms with Gasteiger partial charge in [0.05, 0.1) is 6.54 Å². The molecule has 1 heterocycles. The Kier molecular flexibility index (Phi) is 3.59. The Balaban J connectivity index is 1.92. The van der Waals surface area contributed by atoms with Crippen LogP contribution in [0, 0.1) is 0 Å². The molecule has 1 saturated carbocycles. The number of hydrogen-bond donors (Lipinski definition) is 1. The molecule has 1 aliphatic carbocycles. The van der Waals surface area contributed by atoms with Crippen LogP contribution in [0.25, 0.3) is 0 Å². The molecule has 15 heavy (non-hydrogen) atoms. The van der Waals surface area contributed by atoms with Gasteiger partial charge in [-0.3, -0.25) is 9.69 Å². The van der Waals surface area contributed by atoms with Crippen molar-refractivity contribution < 1.29 is 14.6 Å². The Morgan fingerprint density at radius 1 is 1.20 bits per heavy atom. The van der Waals surface area contributed by atoms with Crippen molar-refractivity contribution in [3.63, 3.8) is 0 Å². The third-order valence-corrected chi connectivity index (χ3v) is 3.22. The smallest absolute Gasteiger partial charge is 0.317 e. The highest BCUT2D eigenvalue weighted by atomic mass is 16.5. The quantitative estimate of drug-likeness (QED) is 0.760. The maximum atomic E-state index is 10.8. The van der Waals surface area contributed by atoms with E-state index in [-0.39, 0.29) is 6.54 Å². The van der Waals surface area contributed by atoms with Gasteiger partial charge in [-0.2, -0.15) is 0 Å². The molecule has 1 unspecified atom stereocenters. The number of carbonyl (C=O) groups is 1. The van der Waals surface area contributed by atoms with Crippen LogP contribution < -0.4 is 0 Å². The van der Waals surface area contributed by atoms with Crippen molar-refractivity contribution in [2.45, 2.75) is 44.2 Å². The minimum atomic E-state index is -0.702. The van der Waals surface area contributed by atoms with Gasteiger partial charge < -0.3 is 9.84 Å². The van der Waals surface area contributed by atoms with Gasteiger partial charge in [0.2, 0.25) is 0 Å². The van der Waals surface area contributed by atoms with Crippen molar-refractivity contribution >= 4 is 5.97 Å². The van der Waals surface area contributed by atoms with E-state index in [1.165, 1.54) is 12.8 Å². The Hall–Kier alpha value is -0.610. The molecule has 4 nitrogen and oxygen atoms in total. The summed E-state index contributed by atoms with van der Waals surface area (Å²) in [6.45, 7) is 1.82. The molecule has 0 bridgehead atoms. The third kappa shape index (κ3) is 3.18. The molecule has 1 aliphatic heterocycles. The summed E-state index contributed by atoms with van der Waals surface area (Å²) < 4.78 is 5.41. The first-order valence-electron chi connectivity index (χ1n) is 5.82. The Labute approximate surface area is 90.2 Å². The average Bonchev–Trinajstić information content (AvgIpc) is 3.02. The average molecular weight is 213 g/mol. The largest absolute Gasteiger partial charge is 0.480 e. The van der Waals surface area contributed by atoms with Gasteiger partial charge in [0.15, 0.2) is 0 Å². The first-order valence-corrected chi connectivity index (χ1v) is 5.82. The number of rotatable bonds is 4. The van der Waals surface area contributed by atoms with E-state index in [0.29, 0.717) is 12.1 Å². The van der Waals surface area contributed by atoms with Crippen LogP contribution in [-0.2, 0) is 9.53 Å². The topological polar surface area (TPSA) is 49.8 Å². The fraction of sp³-hybridized carbons (Fsp3) is 0.909. The van der Waals surface area contributed by atoms with E-state index in [2.05, 4.69) is 4.90 Å². The molecule has 1 saturated heterocycles. The minimum absolute atomic E-state index is 0.204. The molecular formula is C11H19NO3. The van der Waals surface area contributed by atoms with E-state index in [1.54, 1.807) is 0 Å². The first kappa shape index (κ1) is 10.9. The second-order valence-electron chi connectivity index (χ2n) is 4.49. The SMILES string of the molecule is O=C(O)CN(C1CCCOCC1)C1CC1. The van der Waals surface area contributed by atoms with Crippen molar-refractivity contribution in [2.75, 3.05) is 19.8 Å². The van der Waals surface area contributed by atoms with Crippen LogP contribution in [0.4, 0.5) is 0 Å². The second-order valence-corrected chi connectivity index (χ2v) is 4.49. The van der Waals surface area contributed by atoms with Gasteiger partial charge in [0.1, 0.15) is 0 Å². The fourth-order valence-corrected chi connectivity index (χ4v) is 2.34. The van der Waals surface area contributed by atoms with E-state index < -0.39 is 5.97 Å². The lowest BCUT2D eigenvalue weighted by molar-refractivity contribution is -0.139. The Morgan fingerprint density at radius 2 is 1.93 bits per heavy atom. The molecule has 2 rings (SSSR count). The highest BCUT2D eigenvalue weighted by molar-refractivity contribution is 5.69. The number of carboxylic acids is 1. The summed E-state index contributed by atoms with van der Waals surface area (Å²) in [4.78, 5) is 13.0. The Bertz CT molecular complexity index is 220. The third-order valence-electron chi connectivity index (χ3n) is 3.22. The molecule has 86 valence electrons. The van der Waals surface area contributed by atoms with Gasteiger partial charge in [0.25, 0.3) is 0 Å². The lowest BCUT2D eigenvalue weighted by Gasteiger charge is -2.29. The molecule has 0 aromatic heterocycles. The summed E-state index contributed by atoms with van der Waals surface area (Å²) in [5, 5.41) is 8.89. The number of nitrogens with zero attached hydrogens (tertiary/aromatic N) is 1. The molecule has 2 fully saturated rings. The molecule has 0 spiro atoms. The number of aliphatic carboxylic acids is 1. The number of carboxylic acid groups (broad SMARTS) is 1. The van der Waals surface area contributed by atoms with Gasteiger partial charge in [-0.05, 0) is 32.1 Å². The van der Waals surface area contributed by atoms with Crippen LogP contribution in [-0.4, -0.2) is 47.8 Å². The van der Waals surface area contributed by atoms with E-state index in [1.807, 2.05) is 0 Å². The zero-order chi connectivity index (χ0) is 10.7. The van der Waals surface area contributed by atoms with Crippen LogP contribution in [0.3, 0.4) is 0 Å².